The fraction of sp³-hybridized carbons (Fsp3) is 0.364. The van der Waals surface area contributed by atoms with E-state index in [1.54, 1.807) is 17.8 Å². The molecule has 0 bridgehead atoms. The van der Waals surface area contributed by atoms with E-state index in [9.17, 15) is 9.59 Å². The molecule has 0 radical (unpaired) electrons. The van der Waals surface area contributed by atoms with Crippen molar-refractivity contribution in [2.75, 3.05) is 13.1 Å². The highest BCUT2D eigenvalue weighted by Gasteiger charge is 2.43. The van der Waals surface area contributed by atoms with Crippen LogP contribution in [-0.2, 0) is 0 Å². The Balaban J connectivity index is 1.22. The number of hydrogen-bond donors (Lipinski definition) is 0. The molecule has 160 valence electrons. The van der Waals surface area contributed by atoms with E-state index in [1.165, 1.54) is 22.9 Å². The summed E-state index contributed by atoms with van der Waals surface area (Å²) in [5.41, 5.74) is 3.82. The molecule has 1 amide bonds. The Morgan fingerprint density at radius 1 is 1.19 bits per heavy atom. The summed E-state index contributed by atoms with van der Waals surface area (Å²) in [6, 6.07) is 7.17. The van der Waals surface area contributed by atoms with E-state index >= 15 is 0 Å². The van der Waals surface area contributed by atoms with Crippen molar-refractivity contribution in [3.05, 3.63) is 52.1 Å². The first-order valence-corrected chi connectivity index (χ1v) is 11.5. The smallest absolute Gasteiger partial charge is 0.344 e. The van der Waals surface area contributed by atoms with Gasteiger partial charge in [-0.3, -0.25) is 4.79 Å². The van der Waals surface area contributed by atoms with E-state index in [4.69, 9.17) is 16.3 Å². The second kappa shape index (κ2) is 8.09. The van der Waals surface area contributed by atoms with Gasteiger partial charge in [0.05, 0.1) is 22.3 Å². The number of thiazole rings is 1. The van der Waals surface area contributed by atoms with Gasteiger partial charge in [0.2, 0.25) is 0 Å². The van der Waals surface area contributed by atoms with Gasteiger partial charge in [0.15, 0.2) is 5.78 Å². The summed E-state index contributed by atoms with van der Waals surface area (Å²) in [7, 11) is 0. The fourth-order valence-electron chi connectivity index (χ4n) is 4.58. The second-order valence-corrected chi connectivity index (χ2v) is 9.21. The van der Waals surface area contributed by atoms with Crippen molar-refractivity contribution in [3.63, 3.8) is 0 Å². The first-order chi connectivity index (χ1) is 15.0. The van der Waals surface area contributed by atoms with Crippen LogP contribution in [0.15, 0.2) is 41.4 Å². The lowest BCUT2D eigenvalue weighted by Gasteiger charge is -2.20. The molecular weight excluding hydrogens is 436 g/mol. The Hall–Kier alpha value is -2.71. The van der Waals surface area contributed by atoms with Gasteiger partial charge in [-0.15, -0.1) is 11.3 Å². The maximum atomic E-state index is 12.7. The zero-order valence-electron chi connectivity index (χ0n) is 16.9. The number of nitrogens with zero attached hydrogens (tertiary/aromatic N) is 4. The molecule has 0 N–H and O–H groups in total. The number of benzene rings is 1. The first kappa shape index (κ1) is 20.2. The van der Waals surface area contributed by atoms with Crippen LogP contribution in [0.1, 0.15) is 30.3 Å². The Kier molecular flexibility index (Phi) is 5.27. The number of carbonyl (C=O) groups is 2. The lowest BCUT2D eigenvalue weighted by molar-refractivity contribution is 0.101. The maximum absolute atomic E-state index is 12.7. The van der Waals surface area contributed by atoms with Crippen molar-refractivity contribution in [2.45, 2.75) is 25.9 Å². The van der Waals surface area contributed by atoms with Crippen molar-refractivity contribution < 1.29 is 14.3 Å². The van der Waals surface area contributed by atoms with Crippen LogP contribution >= 0.6 is 22.9 Å². The van der Waals surface area contributed by atoms with E-state index in [1.807, 2.05) is 28.5 Å². The number of amides is 1. The van der Waals surface area contributed by atoms with Crippen LogP contribution in [0.25, 0.3) is 11.3 Å². The predicted octanol–water partition coefficient (Wildman–Crippen LogP) is 4.62. The molecule has 1 aliphatic carbocycles. The summed E-state index contributed by atoms with van der Waals surface area (Å²) in [6.45, 7) is 2.78. The SMILES string of the molecule is CC(=O)c1ccn(C(=O)N2C[C@H]3C[C@H](Oc4cccc(-c5cscn5)c4Cl)C[C@H]3C2)n1. The van der Waals surface area contributed by atoms with Crippen LogP contribution in [0.4, 0.5) is 4.79 Å². The Morgan fingerprint density at radius 2 is 1.97 bits per heavy atom. The lowest BCUT2D eigenvalue weighted by Crippen LogP contribution is -2.34. The monoisotopic (exact) mass is 456 g/mol. The average molecular weight is 457 g/mol. The maximum Gasteiger partial charge on any atom is 0.344 e. The third-order valence-corrected chi connectivity index (χ3v) is 7.07. The van der Waals surface area contributed by atoms with Gasteiger partial charge in [-0.25, -0.2) is 9.78 Å². The quantitative estimate of drug-likeness (QED) is 0.535. The first-order valence-electron chi connectivity index (χ1n) is 10.2. The standard InChI is InChI=1S/C22H21ClN4O3S/c1-13(28)18-5-6-27(25-18)22(29)26-9-14-7-16(8-15(14)10-26)30-20-4-2-3-17(21(20)23)19-11-31-12-24-19/h2-6,11-12,14-16H,7-10H2,1H3/t14-,15+,16+. The molecule has 1 aromatic carbocycles. The Morgan fingerprint density at radius 3 is 2.61 bits per heavy atom. The largest absolute Gasteiger partial charge is 0.489 e. The molecule has 9 heteroatoms. The van der Waals surface area contributed by atoms with E-state index in [-0.39, 0.29) is 17.9 Å². The number of ether oxygens (including phenoxy) is 1. The van der Waals surface area contributed by atoms with Gasteiger partial charge in [0.25, 0.3) is 0 Å². The molecule has 1 aliphatic heterocycles. The minimum Gasteiger partial charge on any atom is -0.489 e. The number of Topliss-reactive ketones (excluding diaryl/α,β-unsaturated/α-hetero) is 1. The molecule has 1 saturated heterocycles. The minimum absolute atomic E-state index is 0.0736. The highest BCUT2D eigenvalue weighted by Crippen LogP contribution is 2.42. The third-order valence-electron chi connectivity index (χ3n) is 6.09. The summed E-state index contributed by atoms with van der Waals surface area (Å²) < 4.78 is 7.54. The Bertz CT molecular complexity index is 1120. The normalized spacial score (nSPS) is 22.5. The van der Waals surface area contributed by atoms with Crippen LogP contribution in [-0.4, -0.2) is 50.7 Å². The van der Waals surface area contributed by atoms with E-state index < -0.39 is 0 Å². The molecular formula is C22H21ClN4O3S. The molecule has 2 fully saturated rings. The summed E-state index contributed by atoms with van der Waals surface area (Å²) >= 11 is 8.14. The molecule has 2 aromatic heterocycles. The number of aromatic nitrogens is 3. The van der Waals surface area contributed by atoms with E-state index in [0.717, 1.165) is 24.1 Å². The summed E-state index contributed by atoms with van der Waals surface area (Å²) in [4.78, 5) is 30.3. The summed E-state index contributed by atoms with van der Waals surface area (Å²) in [5, 5.41) is 6.64. The topological polar surface area (TPSA) is 77.3 Å². The van der Waals surface area contributed by atoms with Gasteiger partial charge in [0, 0.05) is 37.2 Å². The van der Waals surface area contributed by atoms with Crippen molar-refractivity contribution >= 4 is 34.8 Å². The number of fused-ring (bicyclic) bond motifs is 1. The number of ketones is 1. The molecule has 3 heterocycles. The number of hydrogen-bond acceptors (Lipinski definition) is 6. The molecule has 31 heavy (non-hydrogen) atoms. The zero-order chi connectivity index (χ0) is 21.5. The van der Waals surface area contributed by atoms with Crippen LogP contribution in [0.2, 0.25) is 5.02 Å². The molecule has 3 aromatic rings. The van der Waals surface area contributed by atoms with Crippen LogP contribution in [0.5, 0.6) is 5.75 Å². The molecule has 7 nitrogen and oxygen atoms in total. The molecule has 3 atom stereocenters. The molecule has 0 spiro atoms. The second-order valence-electron chi connectivity index (χ2n) is 8.11. The summed E-state index contributed by atoms with van der Waals surface area (Å²) in [5.74, 6) is 1.30. The van der Waals surface area contributed by atoms with Gasteiger partial charge < -0.3 is 9.64 Å². The molecule has 5 rings (SSSR count). The number of rotatable bonds is 4. The van der Waals surface area contributed by atoms with Crippen LogP contribution in [0, 0.1) is 11.8 Å². The molecule has 0 unspecified atom stereocenters. The van der Waals surface area contributed by atoms with Crippen LogP contribution in [0.3, 0.4) is 0 Å². The Labute approximate surface area is 188 Å². The van der Waals surface area contributed by atoms with Crippen molar-refractivity contribution in [2.24, 2.45) is 11.8 Å². The van der Waals surface area contributed by atoms with E-state index in [2.05, 4.69) is 10.1 Å². The molecule has 1 saturated carbocycles. The van der Waals surface area contributed by atoms with Gasteiger partial charge in [0.1, 0.15) is 11.4 Å². The highest BCUT2D eigenvalue weighted by molar-refractivity contribution is 7.07. The van der Waals surface area contributed by atoms with Gasteiger partial charge in [-0.05, 0) is 36.8 Å². The number of halogens is 1. The zero-order valence-corrected chi connectivity index (χ0v) is 18.5. The van der Waals surface area contributed by atoms with Gasteiger partial charge >= 0.3 is 6.03 Å². The summed E-state index contributed by atoms with van der Waals surface area (Å²) in [6.07, 6.45) is 3.38. The van der Waals surface area contributed by atoms with Gasteiger partial charge in [-0.2, -0.15) is 9.78 Å². The van der Waals surface area contributed by atoms with Crippen molar-refractivity contribution in [3.8, 4) is 17.0 Å². The predicted molar refractivity (Wildman–Crippen MR) is 118 cm³/mol. The fourth-order valence-corrected chi connectivity index (χ4v) is 5.40. The van der Waals surface area contributed by atoms with E-state index in [0.29, 0.717) is 41.4 Å². The molecule has 2 aliphatic rings. The van der Waals surface area contributed by atoms with Gasteiger partial charge in [-0.1, -0.05) is 23.7 Å². The van der Waals surface area contributed by atoms with Crippen molar-refractivity contribution in [1.29, 1.82) is 0 Å². The third kappa shape index (κ3) is 3.85. The average Bonchev–Trinajstić information content (AvgIpc) is 3.52. The number of likely N-dealkylation sites (tertiary alicyclic amines) is 1. The van der Waals surface area contributed by atoms with Crippen molar-refractivity contribution in [1.82, 2.24) is 19.7 Å². The lowest BCUT2D eigenvalue weighted by atomic mass is 10.0. The minimum atomic E-state index is -0.182. The number of carbonyl (C=O) groups excluding carboxylic acids is 2. The van der Waals surface area contributed by atoms with Crippen LogP contribution < -0.4 is 4.74 Å². The highest BCUT2D eigenvalue weighted by atomic mass is 35.5.